The minimum absolute atomic E-state index is 0.0257. The molecule has 0 radical (unpaired) electrons. The first kappa shape index (κ1) is 25.5. The number of hydrogen-bond donors (Lipinski definition) is 1. The molecule has 0 saturated carbocycles. The van der Waals surface area contributed by atoms with E-state index in [1.54, 1.807) is 10.6 Å². The summed E-state index contributed by atoms with van der Waals surface area (Å²) in [7, 11) is 0. The van der Waals surface area contributed by atoms with Crippen LogP contribution in [0.5, 0.6) is 0 Å². The van der Waals surface area contributed by atoms with Gasteiger partial charge in [0.2, 0.25) is 5.82 Å². The molecule has 7 rings (SSSR count). The second-order valence-electron chi connectivity index (χ2n) is 12.0. The molecule has 3 aliphatic rings. The predicted octanol–water partition coefficient (Wildman–Crippen LogP) is 3.79. The Balaban J connectivity index is 1.09. The Bertz CT molecular complexity index is 1670. The summed E-state index contributed by atoms with van der Waals surface area (Å²) in [5, 5.41) is 14.0. The summed E-state index contributed by atoms with van der Waals surface area (Å²) in [6.45, 7) is 8.20. The van der Waals surface area contributed by atoms with Crippen molar-refractivity contribution in [1.29, 1.82) is 0 Å². The summed E-state index contributed by atoms with van der Waals surface area (Å²) in [6, 6.07) is 16.3. The van der Waals surface area contributed by atoms with Crippen molar-refractivity contribution in [3.63, 3.8) is 0 Å². The molecule has 1 N–H and O–H groups in total. The summed E-state index contributed by atoms with van der Waals surface area (Å²) in [6.07, 6.45) is 6.35. The number of aromatic carboxylic acids is 1. The first-order chi connectivity index (χ1) is 19.7. The average molecular weight is 552 g/mol. The molecule has 0 aliphatic carbocycles. The van der Waals surface area contributed by atoms with Crippen molar-refractivity contribution >= 4 is 28.9 Å². The first-order valence-corrected chi connectivity index (χ1v) is 14.2. The number of carbonyl (C=O) groups is 2. The van der Waals surface area contributed by atoms with Gasteiger partial charge >= 0.3 is 5.97 Å². The Kier molecular flexibility index (Phi) is 5.78. The lowest BCUT2D eigenvalue weighted by Gasteiger charge is -2.52. The minimum Gasteiger partial charge on any atom is -0.477 e. The summed E-state index contributed by atoms with van der Waals surface area (Å²) < 4.78 is 1.75. The predicted molar refractivity (Wildman–Crippen MR) is 155 cm³/mol. The molecule has 0 bridgehead atoms. The zero-order valence-corrected chi connectivity index (χ0v) is 23.3. The van der Waals surface area contributed by atoms with Crippen LogP contribution in [-0.4, -0.2) is 79.7 Å². The highest BCUT2D eigenvalue weighted by Crippen LogP contribution is 2.43. The Morgan fingerprint density at radius 1 is 0.951 bits per heavy atom. The van der Waals surface area contributed by atoms with Crippen LogP contribution in [0.1, 0.15) is 58.4 Å². The van der Waals surface area contributed by atoms with E-state index in [0.717, 1.165) is 55.8 Å². The van der Waals surface area contributed by atoms with Crippen molar-refractivity contribution in [2.75, 3.05) is 42.5 Å². The lowest BCUT2D eigenvalue weighted by molar-refractivity contribution is 0.0689. The molecule has 3 aliphatic heterocycles. The molecule has 3 aromatic heterocycles. The number of rotatable bonds is 5. The number of benzene rings is 1. The Labute approximate surface area is 238 Å². The maximum Gasteiger partial charge on any atom is 0.354 e. The van der Waals surface area contributed by atoms with Gasteiger partial charge in [-0.05, 0) is 55.5 Å². The highest BCUT2D eigenvalue weighted by Gasteiger charge is 2.51. The third-order valence-corrected chi connectivity index (χ3v) is 9.37. The van der Waals surface area contributed by atoms with Gasteiger partial charge in [-0.1, -0.05) is 37.3 Å². The van der Waals surface area contributed by atoms with Crippen molar-refractivity contribution < 1.29 is 14.7 Å². The van der Waals surface area contributed by atoms with E-state index in [0.29, 0.717) is 18.7 Å². The van der Waals surface area contributed by atoms with E-state index in [1.165, 1.54) is 11.8 Å². The molecule has 1 amide bonds. The molecule has 2 atom stereocenters. The molecular weight excluding hydrogens is 518 g/mol. The number of pyridine rings is 2. The first-order valence-electron chi connectivity index (χ1n) is 14.2. The zero-order chi connectivity index (χ0) is 28.4. The smallest absolute Gasteiger partial charge is 0.354 e. The maximum atomic E-state index is 13.6. The maximum absolute atomic E-state index is 13.6. The van der Waals surface area contributed by atoms with Gasteiger partial charge in [0, 0.05) is 50.0 Å². The molecule has 210 valence electrons. The normalized spacial score (nSPS) is 23.9. The van der Waals surface area contributed by atoms with Crippen LogP contribution in [-0.2, 0) is 5.41 Å². The summed E-state index contributed by atoms with van der Waals surface area (Å²) in [5.74, 6) is -1.01. The largest absolute Gasteiger partial charge is 0.477 e. The number of anilines is 2. The van der Waals surface area contributed by atoms with Crippen LogP contribution in [0.4, 0.5) is 11.4 Å². The van der Waals surface area contributed by atoms with Crippen molar-refractivity contribution in [2.24, 2.45) is 0 Å². The van der Waals surface area contributed by atoms with Crippen LogP contribution in [0.15, 0.2) is 60.9 Å². The number of amides is 1. The van der Waals surface area contributed by atoms with Gasteiger partial charge in [-0.2, -0.15) is 0 Å². The van der Waals surface area contributed by atoms with Crippen LogP contribution in [0.2, 0.25) is 0 Å². The van der Waals surface area contributed by atoms with E-state index in [4.69, 9.17) is 0 Å². The fourth-order valence-electron chi connectivity index (χ4n) is 6.89. The van der Waals surface area contributed by atoms with E-state index in [2.05, 4.69) is 68.2 Å². The van der Waals surface area contributed by atoms with Crippen LogP contribution in [0.3, 0.4) is 0 Å². The molecule has 1 spiro atoms. The number of carboxylic acid groups (broad SMARTS) is 1. The number of hydrogen-bond acceptors (Lipinski definition) is 7. The van der Waals surface area contributed by atoms with Crippen LogP contribution >= 0.6 is 0 Å². The summed E-state index contributed by atoms with van der Waals surface area (Å²) in [4.78, 5) is 40.1. The van der Waals surface area contributed by atoms with E-state index in [-0.39, 0.29) is 28.4 Å². The third kappa shape index (κ3) is 4.20. The number of likely N-dealkylation sites (tertiary alicyclic amines) is 1. The van der Waals surface area contributed by atoms with Gasteiger partial charge < -0.3 is 19.8 Å². The van der Waals surface area contributed by atoms with E-state index >= 15 is 0 Å². The number of aryl methyl sites for hydroxylation is 1. The van der Waals surface area contributed by atoms with Crippen molar-refractivity contribution in [3.05, 3.63) is 83.6 Å². The Hall–Kier alpha value is -4.47. The van der Waals surface area contributed by atoms with Crippen molar-refractivity contribution in [2.45, 2.75) is 44.1 Å². The molecule has 3 fully saturated rings. The molecule has 1 unspecified atom stereocenters. The number of aromatic nitrogens is 4. The molecule has 10 nitrogen and oxygen atoms in total. The van der Waals surface area contributed by atoms with Crippen LogP contribution in [0, 0.1) is 6.92 Å². The number of nitrogens with zero attached hydrogens (tertiary/aromatic N) is 7. The van der Waals surface area contributed by atoms with Crippen molar-refractivity contribution in [1.82, 2.24) is 24.5 Å². The molecule has 4 aromatic rings. The molecule has 10 heteroatoms. The fraction of sp³-hybridized carbons (Fsp3) is 0.387. The van der Waals surface area contributed by atoms with Gasteiger partial charge in [0.1, 0.15) is 5.69 Å². The minimum atomic E-state index is -1.05. The van der Waals surface area contributed by atoms with E-state index < -0.39 is 5.97 Å². The fourth-order valence-corrected chi connectivity index (χ4v) is 6.89. The molecule has 1 aromatic carbocycles. The molecule has 41 heavy (non-hydrogen) atoms. The zero-order valence-electron chi connectivity index (χ0n) is 23.3. The Morgan fingerprint density at radius 2 is 1.76 bits per heavy atom. The molecule has 3 saturated heterocycles. The van der Waals surface area contributed by atoms with E-state index in [9.17, 15) is 14.7 Å². The number of carbonyl (C=O) groups excluding carboxylic acids is 1. The monoisotopic (exact) mass is 551 g/mol. The third-order valence-electron chi connectivity index (χ3n) is 9.37. The summed E-state index contributed by atoms with van der Waals surface area (Å²) in [5.41, 5.74) is 4.86. The van der Waals surface area contributed by atoms with Gasteiger partial charge in [-0.15, -0.1) is 5.10 Å². The van der Waals surface area contributed by atoms with Gasteiger partial charge in [0.25, 0.3) is 5.91 Å². The lowest BCUT2D eigenvalue weighted by Crippen LogP contribution is -2.62. The number of fused-ring (bicyclic) bond motifs is 1. The second-order valence-corrected chi connectivity index (χ2v) is 12.0. The average Bonchev–Trinajstić information content (AvgIpc) is 3.71. The van der Waals surface area contributed by atoms with Crippen LogP contribution < -0.4 is 9.80 Å². The molecule has 6 heterocycles. The topological polar surface area (TPSA) is 107 Å². The number of carboxylic acids is 1. The highest BCUT2D eigenvalue weighted by atomic mass is 16.4. The summed E-state index contributed by atoms with van der Waals surface area (Å²) >= 11 is 0. The second kappa shape index (κ2) is 9.29. The van der Waals surface area contributed by atoms with E-state index in [1.807, 2.05) is 24.1 Å². The van der Waals surface area contributed by atoms with Gasteiger partial charge in [-0.25, -0.2) is 19.3 Å². The standard InChI is InChI=1S/C31H33N7O3/c1-21-16-24(35-13-9-30(2,19-35)22-6-4-3-5-7-22)18-38-27(21)33-26(34-38)28(39)36-14-10-31(20-36)11-15-37(31)23-8-12-32-25(17-23)29(40)41/h3-8,12,16-18H,9-11,13-15,19-20H2,1-2H3,(H,40,41)/t30-,31?/m0/s1. The quantitative estimate of drug-likeness (QED) is 0.399. The Morgan fingerprint density at radius 3 is 2.51 bits per heavy atom. The molecular formula is C31H33N7O3. The van der Waals surface area contributed by atoms with Gasteiger partial charge in [-0.3, -0.25) is 4.79 Å². The lowest BCUT2D eigenvalue weighted by atomic mass is 9.82. The van der Waals surface area contributed by atoms with Gasteiger partial charge in [0.05, 0.1) is 17.4 Å². The van der Waals surface area contributed by atoms with Crippen molar-refractivity contribution in [3.8, 4) is 0 Å². The van der Waals surface area contributed by atoms with Gasteiger partial charge in [0.15, 0.2) is 5.65 Å². The SMILES string of the molecule is Cc1cc(N2CC[C@](C)(c3ccccc3)C2)cn2nc(C(=O)N3CCC4(CCN4c4ccnc(C(=O)O)c4)C3)nc12. The highest BCUT2D eigenvalue weighted by molar-refractivity contribution is 5.91. The van der Waals surface area contributed by atoms with Crippen LogP contribution in [0.25, 0.3) is 5.65 Å².